The van der Waals surface area contributed by atoms with Crippen LogP contribution in [0.1, 0.15) is 16.1 Å². The van der Waals surface area contributed by atoms with Gasteiger partial charge in [0.25, 0.3) is 5.91 Å². The molecule has 114 valence electrons. The van der Waals surface area contributed by atoms with Gasteiger partial charge in [0.15, 0.2) is 0 Å². The maximum Gasteiger partial charge on any atom is 0.272 e. The van der Waals surface area contributed by atoms with Crippen LogP contribution in [0.3, 0.4) is 0 Å². The zero-order valence-electron chi connectivity index (χ0n) is 12.2. The van der Waals surface area contributed by atoms with E-state index in [2.05, 4.69) is 4.98 Å². The number of ether oxygens (including phenoxy) is 1. The van der Waals surface area contributed by atoms with Gasteiger partial charge in [-0.3, -0.25) is 9.78 Å². The number of morpholine rings is 1. The standard InChI is InChI=1S/C17H18N2O3/c20-12-13-2-1-3-14(10-13)15-4-5-16(18-11-15)17(21)19-6-8-22-9-7-19/h1-5,10-11,20H,6-9,12H2. The second-order valence-corrected chi connectivity index (χ2v) is 5.20. The Hall–Kier alpha value is -2.24. The average molecular weight is 298 g/mol. The molecule has 1 aromatic heterocycles. The molecule has 0 atom stereocenters. The van der Waals surface area contributed by atoms with Gasteiger partial charge < -0.3 is 14.7 Å². The molecular formula is C17H18N2O3. The number of carbonyl (C=O) groups is 1. The molecule has 3 rings (SSSR count). The monoisotopic (exact) mass is 298 g/mol. The Bertz CT molecular complexity index is 649. The normalized spacial score (nSPS) is 14.9. The van der Waals surface area contributed by atoms with Crippen molar-refractivity contribution in [3.8, 4) is 11.1 Å². The van der Waals surface area contributed by atoms with Crippen molar-refractivity contribution in [1.82, 2.24) is 9.88 Å². The number of hydrogen-bond donors (Lipinski definition) is 1. The second kappa shape index (κ2) is 6.68. The molecule has 1 aliphatic rings. The molecule has 0 saturated carbocycles. The van der Waals surface area contributed by atoms with Gasteiger partial charge >= 0.3 is 0 Å². The maximum atomic E-state index is 12.3. The number of aromatic nitrogens is 1. The minimum Gasteiger partial charge on any atom is -0.392 e. The first kappa shape index (κ1) is 14.7. The number of rotatable bonds is 3. The smallest absolute Gasteiger partial charge is 0.272 e. The number of pyridine rings is 1. The maximum absolute atomic E-state index is 12.3. The Kier molecular flexibility index (Phi) is 4.46. The van der Waals surface area contributed by atoms with Gasteiger partial charge in [-0.05, 0) is 23.3 Å². The van der Waals surface area contributed by atoms with E-state index in [0.717, 1.165) is 16.7 Å². The SMILES string of the molecule is O=C(c1ccc(-c2cccc(CO)c2)cn1)N1CCOCC1. The van der Waals surface area contributed by atoms with E-state index < -0.39 is 0 Å². The van der Waals surface area contributed by atoms with Crippen molar-refractivity contribution in [2.45, 2.75) is 6.61 Å². The summed E-state index contributed by atoms with van der Waals surface area (Å²) in [5.74, 6) is -0.0565. The number of benzene rings is 1. The Morgan fingerprint density at radius 3 is 2.68 bits per heavy atom. The lowest BCUT2D eigenvalue weighted by molar-refractivity contribution is 0.0299. The molecule has 0 bridgehead atoms. The second-order valence-electron chi connectivity index (χ2n) is 5.20. The molecule has 1 N–H and O–H groups in total. The fourth-order valence-corrected chi connectivity index (χ4v) is 2.47. The summed E-state index contributed by atoms with van der Waals surface area (Å²) >= 11 is 0. The molecule has 2 aromatic rings. The summed E-state index contributed by atoms with van der Waals surface area (Å²) in [6.07, 6.45) is 1.70. The van der Waals surface area contributed by atoms with E-state index in [0.29, 0.717) is 32.0 Å². The van der Waals surface area contributed by atoms with Crippen molar-refractivity contribution in [3.63, 3.8) is 0 Å². The van der Waals surface area contributed by atoms with Gasteiger partial charge in [-0.1, -0.05) is 24.3 Å². The van der Waals surface area contributed by atoms with Crippen LogP contribution >= 0.6 is 0 Å². The molecule has 1 fully saturated rings. The lowest BCUT2D eigenvalue weighted by Crippen LogP contribution is -2.41. The number of carbonyl (C=O) groups excluding carboxylic acids is 1. The van der Waals surface area contributed by atoms with Gasteiger partial charge in [0.2, 0.25) is 0 Å². The van der Waals surface area contributed by atoms with Crippen LogP contribution in [0, 0.1) is 0 Å². The number of nitrogens with zero attached hydrogens (tertiary/aromatic N) is 2. The third-order valence-corrected chi connectivity index (χ3v) is 3.72. The molecule has 1 aromatic carbocycles. The van der Waals surface area contributed by atoms with Crippen molar-refractivity contribution < 1.29 is 14.6 Å². The minimum absolute atomic E-state index is 0.00880. The first-order chi connectivity index (χ1) is 10.8. The molecule has 0 aliphatic carbocycles. The van der Waals surface area contributed by atoms with Crippen molar-refractivity contribution in [2.75, 3.05) is 26.3 Å². The third kappa shape index (κ3) is 3.16. The van der Waals surface area contributed by atoms with E-state index in [9.17, 15) is 9.90 Å². The highest BCUT2D eigenvalue weighted by Crippen LogP contribution is 2.20. The highest BCUT2D eigenvalue weighted by atomic mass is 16.5. The molecule has 1 saturated heterocycles. The van der Waals surface area contributed by atoms with Crippen LogP contribution in [0.25, 0.3) is 11.1 Å². The van der Waals surface area contributed by atoms with E-state index in [1.54, 1.807) is 17.2 Å². The Labute approximate surface area is 129 Å². The topological polar surface area (TPSA) is 62.7 Å². The van der Waals surface area contributed by atoms with Crippen LogP contribution in [0.4, 0.5) is 0 Å². The van der Waals surface area contributed by atoms with Crippen LogP contribution in [-0.4, -0.2) is 47.2 Å². The van der Waals surface area contributed by atoms with Gasteiger partial charge in [-0.25, -0.2) is 0 Å². The quantitative estimate of drug-likeness (QED) is 0.937. The predicted octanol–water partition coefficient (Wildman–Crippen LogP) is 1.71. The van der Waals surface area contributed by atoms with E-state index in [4.69, 9.17) is 4.74 Å². The summed E-state index contributed by atoms with van der Waals surface area (Å²) < 4.78 is 5.25. The Morgan fingerprint density at radius 1 is 1.18 bits per heavy atom. The Balaban J connectivity index is 1.78. The third-order valence-electron chi connectivity index (χ3n) is 3.72. The predicted molar refractivity (Wildman–Crippen MR) is 82.3 cm³/mol. The number of amides is 1. The molecule has 22 heavy (non-hydrogen) atoms. The van der Waals surface area contributed by atoms with Crippen molar-refractivity contribution in [2.24, 2.45) is 0 Å². The number of hydrogen-bond acceptors (Lipinski definition) is 4. The fraction of sp³-hybridized carbons (Fsp3) is 0.294. The molecular weight excluding hydrogens is 280 g/mol. The summed E-state index contributed by atoms with van der Waals surface area (Å²) in [4.78, 5) is 18.4. The molecule has 1 aliphatic heterocycles. The van der Waals surface area contributed by atoms with Crippen molar-refractivity contribution in [1.29, 1.82) is 0 Å². The molecule has 2 heterocycles. The highest BCUT2D eigenvalue weighted by Gasteiger charge is 2.19. The van der Waals surface area contributed by atoms with Gasteiger partial charge in [0.1, 0.15) is 5.69 Å². The van der Waals surface area contributed by atoms with Crippen LogP contribution in [0.15, 0.2) is 42.6 Å². The van der Waals surface area contributed by atoms with Crippen LogP contribution < -0.4 is 0 Å². The lowest BCUT2D eigenvalue weighted by Gasteiger charge is -2.26. The van der Waals surface area contributed by atoms with E-state index in [-0.39, 0.29) is 12.5 Å². The van der Waals surface area contributed by atoms with E-state index in [1.807, 2.05) is 30.3 Å². The summed E-state index contributed by atoms with van der Waals surface area (Å²) in [6.45, 7) is 2.39. The van der Waals surface area contributed by atoms with Crippen molar-refractivity contribution >= 4 is 5.91 Å². The molecule has 5 heteroatoms. The zero-order valence-corrected chi connectivity index (χ0v) is 12.2. The van der Waals surface area contributed by atoms with Crippen molar-refractivity contribution in [3.05, 3.63) is 53.9 Å². The fourth-order valence-electron chi connectivity index (χ4n) is 2.47. The molecule has 0 unspecified atom stereocenters. The Morgan fingerprint density at radius 2 is 2.00 bits per heavy atom. The largest absolute Gasteiger partial charge is 0.392 e. The van der Waals surface area contributed by atoms with E-state index >= 15 is 0 Å². The minimum atomic E-state index is -0.0565. The first-order valence-electron chi connectivity index (χ1n) is 7.31. The number of aliphatic hydroxyl groups excluding tert-OH is 1. The van der Waals surface area contributed by atoms with Crippen LogP contribution in [-0.2, 0) is 11.3 Å². The van der Waals surface area contributed by atoms with Crippen LogP contribution in [0.2, 0.25) is 0 Å². The van der Waals surface area contributed by atoms with Gasteiger partial charge in [0.05, 0.1) is 19.8 Å². The first-order valence-corrected chi connectivity index (χ1v) is 7.31. The molecule has 0 radical (unpaired) electrons. The van der Waals surface area contributed by atoms with Crippen LogP contribution in [0.5, 0.6) is 0 Å². The van der Waals surface area contributed by atoms with Gasteiger partial charge in [-0.2, -0.15) is 0 Å². The average Bonchev–Trinajstić information content (AvgIpc) is 2.62. The van der Waals surface area contributed by atoms with E-state index in [1.165, 1.54) is 0 Å². The lowest BCUT2D eigenvalue weighted by atomic mass is 10.0. The van der Waals surface area contributed by atoms with Gasteiger partial charge in [-0.15, -0.1) is 0 Å². The summed E-state index contributed by atoms with van der Waals surface area (Å²) in [7, 11) is 0. The summed E-state index contributed by atoms with van der Waals surface area (Å²) in [5, 5.41) is 9.19. The summed E-state index contributed by atoms with van der Waals surface area (Å²) in [5.41, 5.74) is 3.20. The zero-order chi connectivity index (χ0) is 15.4. The highest BCUT2D eigenvalue weighted by molar-refractivity contribution is 5.92. The molecule has 0 spiro atoms. The number of aliphatic hydroxyl groups is 1. The molecule has 1 amide bonds. The summed E-state index contributed by atoms with van der Waals surface area (Å²) in [6, 6.07) is 11.3. The molecule has 5 nitrogen and oxygen atoms in total. The van der Waals surface area contributed by atoms with Gasteiger partial charge in [0, 0.05) is 24.8 Å².